The molecular weight excluding hydrogens is 282 g/mol. The Morgan fingerprint density at radius 1 is 1.38 bits per heavy atom. The van der Waals surface area contributed by atoms with Crippen molar-refractivity contribution in [3.63, 3.8) is 0 Å². The standard InChI is InChI=1S/C8H6BrCl2FO/c9-6-4(7(13)8(10)11)2-1-3-5(6)12/h1-3,7-8,13H. The van der Waals surface area contributed by atoms with Crippen LogP contribution in [0.4, 0.5) is 4.39 Å². The highest BCUT2D eigenvalue weighted by Crippen LogP contribution is 2.31. The molecule has 1 aromatic rings. The lowest BCUT2D eigenvalue weighted by Gasteiger charge is -2.13. The van der Waals surface area contributed by atoms with Gasteiger partial charge in [-0.1, -0.05) is 12.1 Å². The summed E-state index contributed by atoms with van der Waals surface area (Å²) in [4.78, 5) is -0.974. The molecule has 1 unspecified atom stereocenters. The van der Waals surface area contributed by atoms with Crippen LogP contribution in [0.25, 0.3) is 0 Å². The fourth-order valence-electron chi connectivity index (χ4n) is 0.885. The van der Waals surface area contributed by atoms with Crippen LogP contribution < -0.4 is 0 Å². The first kappa shape index (κ1) is 11.2. The summed E-state index contributed by atoms with van der Waals surface area (Å²) in [5, 5.41) is 9.44. The smallest absolute Gasteiger partial charge is 0.137 e. The molecule has 5 heteroatoms. The van der Waals surface area contributed by atoms with E-state index in [9.17, 15) is 9.50 Å². The summed E-state index contributed by atoms with van der Waals surface area (Å²) in [5.74, 6) is -0.453. The Kier molecular flexibility index (Phi) is 3.98. The topological polar surface area (TPSA) is 20.2 Å². The molecule has 1 nitrogen and oxygen atoms in total. The van der Waals surface area contributed by atoms with Crippen LogP contribution in [-0.4, -0.2) is 9.94 Å². The monoisotopic (exact) mass is 286 g/mol. The molecule has 72 valence electrons. The number of alkyl halides is 2. The van der Waals surface area contributed by atoms with E-state index in [1.807, 2.05) is 0 Å². The van der Waals surface area contributed by atoms with Gasteiger partial charge < -0.3 is 5.11 Å². The van der Waals surface area contributed by atoms with E-state index < -0.39 is 16.8 Å². The van der Waals surface area contributed by atoms with Gasteiger partial charge in [0.15, 0.2) is 0 Å². The zero-order valence-corrected chi connectivity index (χ0v) is 9.44. The molecule has 1 N–H and O–H groups in total. The minimum absolute atomic E-state index is 0.189. The Morgan fingerprint density at radius 2 is 2.00 bits per heavy atom. The summed E-state index contributed by atoms with van der Waals surface area (Å²) in [7, 11) is 0. The van der Waals surface area contributed by atoms with Crippen LogP contribution in [0.3, 0.4) is 0 Å². The van der Waals surface area contributed by atoms with Gasteiger partial charge in [-0.05, 0) is 22.0 Å². The van der Waals surface area contributed by atoms with Gasteiger partial charge in [0.05, 0.1) is 4.47 Å². The second-order valence-corrected chi connectivity index (χ2v) is 4.38. The molecule has 0 aliphatic heterocycles. The van der Waals surface area contributed by atoms with Gasteiger partial charge in [-0.2, -0.15) is 0 Å². The highest BCUT2D eigenvalue weighted by Gasteiger charge is 2.19. The van der Waals surface area contributed by atoms with Gasteiger partial charge in [0.2, 0.25) is 0 Å². The van der Waals surface area contributed by atoms with Crippen LogP contribution in [0.1, 0.15) is 11.7 Å². The van der Waals surface area contributed by atoms with Crippen LogP contribution >= 0.6 is 39.1 Å². The summed E-state index contributed by atoms with van der Waals surface area (Å²) < 4.78 is 13.1. The van der Waals surface area contributed by atoms with Crippen molar-refractivity contribution in [2.24, 2.45) is 0 Å². The molecule has 0 fully saturated rings. The van der Waals surface area contributed by atoms with E-state index in [-0.39, 0.29) is 4.47 Å². The Morgan fingerprint density at radius 3 is 2.54 bits per heavy atom. The second-order valence-electron chi connectivity index (χ2n) is 2.42. The van der Waals surface area contributed by atoms with Gasteiger partial charge in [-0.3, -0.25) is 0 Å². The number of halogens is 4. The first-order chi connectivity index (χ1) is 6.04. The maximum atomic E-state index is 13.0. The fraction of sp³-hybridized carbons (Fsp3) is 0.250. The van der Waals surface area contributed by atoms with Gasteiger partial charge >= 0.3 is 0 Å². The molecule has 13 heavy (non-hydrogen) atoms. The van der Waals surface area contributed by atoms with Gasteiger partial charge in [0, 0.05) is 5.56 Å². The predicted molar refractivity (Wildman–Crippen MR) is 54.6 cm³/mol. The van der Waals surface area contributed by atoms with Gasteiger partial charge in [-0.15, -0.1) is 23.2 Å². The number of benzene rings is 1. The molecule has 0 amide bonds. The van der Waals surface area contributed by atoms with Crippen LogP contribution in [0, 0.1) is 5.82 Å². The minimum atomic E-state index is -1.09. The third kappa shape index (κ3) is 2.56. The van der Waals surface area contributed by atoms with Crippen LogP contribution in [0.15, 0.2) is 22.7 Å². The van der Waals surface area contributed by atoms with Crippen molar-refractivity contribution >= 4 is 39.1 Å². The van der Waals surface area contributed by atoms with Crippen molar-refractivity contribution in [1.82, 2.24) is 0 Å². The van der Waals surface area contributed by atoms with E-state index in [0.29, 0.717) is 5.56 Å². The van der Waals surface area contributed by atoms with Crippen molar-refractivity contribution in [2.75, 3.05) is 0 Å². The summed E-state index contributed by atoms with van der Waals surface area (Å²) in [6, 6.07) is 4.31. The quantitative estimate of drug-likeness (QED) is 0.827. The van der Waals surface area contributed by atoms with Gasteiger partial charge in [0.1, 0.15) is 16.8 Å². The van der Waals surface area contributed by atoms with E-state index in [1.54, 1.807) is 6.07 Å². The maximum absolute atomic E-state index is 13.0. The lowest BCUT2D eigenvalue weighted by atomic mass is 10.1. The lowest BCUT2D eigenvalue weighted by Crippen LogP contribution is -2.07. The van der Waals surface area contributed by atoms with E-state index in [1.165, 1.54) is 12.1 Å². The Labute approximate surface area is 93.6 Å². The van der Waals surface area contributed by atoms with Crippen LogP contribution in [-0.2, 0) is 0 Å². The molecule has 0 radical (unpaired) electrons. The molecule has 1 rings (SSSR count). The molecule has 0 heterocycles. The first-order valence-electron chi connectivity index (χ1n) is 3.44. The van der Waals surface area contributed by atoms with Crippen molar-refractivity contribution in [2.45, 2.75) is 10.9 Å². The summed E-state index contributed by atoms with van der Waals surface area (Å²) in [6.45, 7) is 0. The zero-order chi connectivity index (χ0) is 10.0. The van der Waals surface area contributed by atoms with E-state index in [0.717, 1.165) is 0 Å². The molecule has 1 atom stereocenters. The highest BCUT2D eigenvalue weighted by atomic mass is 79.9. The predicted octanol–water partition coefficient (Wildman–Crippen LogP) is 3.43. The van der Waals surface area contributed by atoms with Crippen molar-refractivity contribution in [3.8, 4) is 0 Å². The molecule has 0 spiro atoms. The van der Waals surface area contributed by atoms with Crippen molar-refractivity contribution in [1.29, 1.82) is 0 Å². The Balaban J connectivity index is 3.07. The largest absolute Gasteiger partial charge is 0.386 e. The summed E-state index contributed by atoms with van der Waals surface area (Å²) in [5.41, 5.74) is 0.343. The van der Waals surface area contributed by atoms with E-state index in [2.05, 4.69) is 15.9 Å². The number of hydrogen-bond acceptors (Lipinski definition) is 1. The number of rotatable bonds is 2. The molecule has 1 aromatic carbocycles. The zero-order valence-electron chi connectivity index (χ0n) is 6.35. The highest BCUT2D eigenvalue weighted by molar-refractivity contribution is 9.10. The molecule has 0 aliphatic carbocycles. The average Bonchev–Trinajstić information content (AvgIpc) is 2.08. The number of aliphatic hydroxyl groups excluding tert-OH is 1. The van der Waals surface area contributed by atoms with E-state index >= 15 is 0 Å². The molecular formula is C8H6BrCl2FO. The van der Waals surface area contributed by atoms with Crippen molar-refractivity contribution in [3.05, 3.63) is 34.1 Å². The van der Waals surface area contributed by atoms with Crippen molar-refractivity contribution < 1.29 is 9.50 Å². The minimum Gasteiger partial charge on any atom is -0.386 e. The molecule has 0 saturated carbocycles. The lowest BCUT2D eigenvalue weighted by molar-refractivity contribution is 0.191. The van der Waals surface area contributed by atoms with Gasteiger partial charge in [0.25, 0.3) is 0 Å². The third-order valence-electron chi connectivity index (χ3n) is 1.54. The Bertz CT molecular complexity index is 306. The third-order valence-corrected chi connectivity index (χ3v) is 2.85. The maximum Gasteiger partial charge on any atom is 0.137 e. The molecule has 0 aliphatic rings. The summed E-state index contributed by atoms with van der Waals surface area (Å²) >= 11 is 13.9. The fourth-order valence-corrected chi connectivity index (χ4v) is 1.65. The van der Waals surface area contributed by atoms with Gasteiger partial charge in [-0.25, -0.2) is 4.39 Å². The molecule has 0 aromatic heterocycles. The average molecular weight is 288 g/mol. The van der Waals surface area contributed by atoms with Crippen LogP contribution in [0.2, 0.25) is 0 Å². The number of hydrogen-bond donors (Lipinski definition) is 1. The normalized spacial score (nSPS) is 13.4. The first-order valence-corrected chi connectivity index (χ1v) is 5.10. The SMILES string of the molecule is OC(c1cccc(F)c1Br)C(Cl)Cl. The number of aliphatic hydroxyl groups is 1. The summed E-state index contributed by atoms with van der Waals surface area (Å²) in [6.07, 6.45) is -1.09. The second kappa shape index (κ2) is 4.60. The molecule has 0 saturated heterocycles. The Hall–Kier alpha value is 0.170. The van der Waals surface area contributed by atoms with Crippen LogP contribution in [0.5, 0.6) is 0 Å². The van der Waals surface area contributed by atoms with E-state index in [4.69, 9.17) is 23.2 Å². The molecule has 0 bridgehead atoms.